The van der Waals surface area contributed by atoms with Crippen LogP contribution in [0.25, 0.3) is 0 Å². The number of hydrogen-bond acceptors (Lipinski definition) is 2. The van der Waals surface area contributed by atoms with Gasteiger partial charge in [0.15, 0.2) is 0 Å². The number of nitrogens with zero attached hydrogens (tertiary/aromatic N) is 1. The number of nitrogen functional groups attached to an aromatic ring is 1. The Morgan fingerprint density at radius 2 is 1.41 bits per heavy atom. The summed E-state index contributed by atoms with van der Waals surface area (Å²) >= 11 is 0. The third-order valence-electron chi connectivity index (χ3n) is 4.10. The Hall–Kier alpha value is -1.18. The molecule has 2 fully saturated rings. The fourth-order valence-electron chi connectivity index (χ4n) is 3.08. The van der Waals surface area contributed by atoms with Crippen molar-refractivity contribution in [2.24, 2.45) is 0 Å². The summed E-state index contributed by atoms with van der Waals surface area (Å²) in [6, 6.07) is 10.0. The Bertz CT molecular complexity index is 361. The minimum atomic E-state index is 0.778. The third kappa shape index (κ3) is 2.41. The molecule has 0 amide bonds. The monoisotopic (exact) mass is 230 g/mol. The molecule has 0 spiro atoms. The molecule has 2 saturated carbocycles. The minimum Gasteiger partial charge on any atom is -0.399 e. The van der Waals surface area contributed by atoms with E-state index in [9.17, 15) is 0 Å². The summed E-state index contributed by atoms with van der Waals surface area (Å²) in [6.45, 7) is 0. The molecule has 0 radical (unpaired) electrons. The predicted molar refractivity (Wildman–Crippen MR) is 73.2 cm³/mol. The molecule has 1 aromatic rings. The van der Waals surface area contributed by atoms with Crippen LogP contribution in [0.1, 0.15) is 44.9 Å². The summed E-state index contributed by atoms with van der Waals surface area (Å²) in [7, 11) is 0. The maximum Gasteiger partial charge on any atom is 0.0372 e. The van der Waals surface area contributed by atoms with Crippen molar-refractivity contribution >= 4 is 11.4 Å². The molecule has 2 N–H and O–H groups in total. The lowest BCUT2D eigenvalue weighted by molar-refractivity contribution is 0.412. The van der Waals surface area contributed by atoms with Crippen LogP contribution in [0.5, 0.6) is 0 Å². The lowest BCUT2D eigenvalue weighted by Crippen LogP contribution is -2.38. The largest absolute Gasteiger partial charge is 0.399 e. The van der Waals surface area contributed by atoms with E-state index in [4.69, 9.17) is 5.73 Å². The van der Waals surface area contributed by atoms with Crippen LogP contribution in [0.4, 0.5) is 11.4 Å². The van der Waals surface area contributed by atoms with Gasteiger partial charge in [-0.1, -0.05) is 19.3 Å². The second-order valence-corrected chi connectivity index (χ2v) is 5.52. The van der Waals surface area contributed by atoms with E-state index < -0.39 is 0 Å². The standard InChI is InChI=1S/C15H22N2/c16-12-6-8-14(9-7-12)17(15-10-11-15)13-4-2-1-3-5-13/h6-9,13,15H,1-5,10-11,16H2. The average Bonchev–Trinajstić information content (AvgIpc) is 3.18. The van der Waals surface area contributed by atoms with Crippen LogP contribution < -0.4 is 10.6 Å². The molecule has 17 heavy (non-hydrogen) atoms. The van der Waals surface area contributed by atoms with Gasteiger partial charge in [0, 0.05) is 23.5 Å². The van der Waals surface area contributed by atoms with Gasteiger partial charge in [-0.25, -0.2) is 0 Å². The van der Waals surface area contributed by atoms with Crippen molar-refractivity contribution in [1.29, 1.82) is 0 Å². The fourth-order valence-corrected chi connectivity index (χ4v) is 3.08. The summed E-state index contributed by atoms with van der Waals surface area (Å²) in [5, 5.41) is 0. The van der Waals surface area contributed by atoms with Crippen molar-refractivity contribution in [3.8, 4) is 0 Å². The molecule has 0 aliphatic heterocycles. The smallest absolute Gasteiger partial charge is 0.0372 e. The van der Waals surface area contributed by atoms with E-state index in [2.05, 4.69) is 17.0 Å². The third-order valence-corrected chi connectivity index (χ3v) is 4.10. The number of anilines is 2. The summed E-state index contributed by atoms with van der Waals surface area (Å²) in [6.07, 6.45) is 9.74. The molecule has 2 nitrogen and oxygen atoms in total. The predicted octanol–water partition coefficient (Wildman–Crippen LogP) is 3.57. The molecule has 0 bridgehead atoms. The van der Waals surface area contributed by atoms with E-state index >= 15 is 0 Å². The Labute approximate surface area is 104 Å². The van der Waals surface area contributed by atoms with Crippen molar-refractivity contribution in [2.75, 3.05) is 10.6 Å². The Morgan fingerprint density at radius 3 is 2.00 bits per heavy atom. The average molecular weight is 230 g/mol. The second kappa shape index (κ2) is 4.59. The van der Waals surface area contributed by atoms with E-state index in [0.717, 1.165) is 17.8 Å². The zero-order valence-corrected chi connectivity index (χ0v) is 10.4. The fraction of sp³-hybridized carbons (Fsp3) is 0.600. The van der Waals surface area contributed by atoms with E-state index in [1.165, 1.54) is 50.6 Å². The van der Waals surface area contributed by atoms with Gasteiger partial charge in [-0.15, -0.1) is 0 Å². The highest BCUT2D eigenvalue weighted by Crippen LogP contribution is 2.37. The van der Waals surface area contributed by atoms with Crippen LogP contribution in [-0.4, -0.2) is 12.1 Å². The molecule has 0 heterocycles. The van der Waals surface area contributed by atoms with Crippen LogP contribution >= 0.6 is 0 Å². The molecule has 2 aliphatic rings. The molecular formula is C15H22N2. The van der Waals surface area contributed by atoms with Crippen LogP contribution in [0, 0.1) is 0 Å². The molecular weight excluding hydrogens is 208 g/mol. The maximum absolute atomic E-state index is 5.78. The van der Waals surface area contributed by atoms with Gasteiger partial charge in [0.05, 0.1) is 0 Å². The van der Waals surface area contributed by atoms with Gasteiger partial charge in [-0.2, -0.15) is 0 Å². The number of rotatable bonds is 3. The normalized spacial score (nSPS) is 21.4. The molecule has 2 heteroatoms. The SMILES string of the molecule is Nc1ccc(N(C2CCCCC2)C2CC2)cc1. The lowest BCUT2D eigenvalue weighted by atomic mass is 9.93. The Balaban J connectivity index is 1.81. The van der Waals surface area contributed by atoms with Gasteiger partial charge >= 0.3 is 0 Å². The van der Waals surface area contributed by atoms with Gasteiger partial charge < -0.3 is 10.6 Å². The first-order valence-electron chi connectivity index (χ1n) is 6.98. The molecule has 2 aliphatic carbocycles. The van der Waals surface area contributed by atoms with Gasteiger partial charge in [0.2, 0.25) is 0 Å². The van der Waals surface area contributed by atoms with Crippen molar-refractivity contribution < 1.29 is 0 Å². The lowest BCUT2D eigenvalue weighted by Gasteiger charge is -2.36. The van der Waals surface area contributed by atoms with Crippen LogP contribution in [-0.2, 0) is 0 Å². The van der Waals surface area contributed by atoms with Gasteiger partial charge in [0.1, 0.15) is 0 Å². The summed E-state index contributed by atoms with van der Waals surface area (Å²) in [4.78, 5) is 2.68. The molecule has 0 atom stereocenters. The van der Waals surface area contributed by atoms with E-state index in [-0.39, 0.29) is 0 Å². The van der Waals surface area contributed by atoms with Gasteiger partial charge in [-0.05, 0) is 49.9 Å². The van der Waals surface area contributed by atoms with Crippen molar-refractivity contribution in [3.05, 3.63) is 24.3 Å². The highest BCUT2D eigenvalue weighted by molar-refractivity contribution is 5.55. The van der Waals surface area contributed by atoms with Gasteiger partial charge in [-0.3, -0.25) is 0 Å². The van der Waals surface area contributed by atoms with Crippen molar-refractivity contribution in [2.45, 2.75) is 57.0 Å². The van der Waals surface area contributed by atoms with E-state index in [1.54, 1.807) is 0 Å². The Kier molecular flexibility index (Phi) is 2.96. The first kappa shape index (κ1) is 10.9. The first-order chi connectivity index (χ1) is 8.34. The molecule has 0 unspecified atom stereocenters. The minimum absolute atomic E-state index is 0.778. The molecule has 0 saturated heterocycles. The summed E-state index contributed by atoms with van der Waals surface area (Å²) in [5.74, 6) is 0. The van der Waals surface area contributed by atoms with Crippen LogP contribution in [0.3, 0.4) is 0 Å². The zero-order valence-electron chi connectivity index (χ0n) is 10.4. The van der Waals surface area contributed by atoms with Crippen molar-refractivity contribution in [3.63, 3.8) is 0 Å². The second-order valence-electron chi connectivity index (χ2n) is 5.52. The van der Waals surface area contributed by atoms with Crippen molar-refractivity contribution in [1.82, 2.24) is 0 Å². The summed E-state index contributed by atoms with van der Waals surface area (Å²) in [5.41, 5.74) is 8.03. The van der Waals surface area contributed by atoms with E-state index in [0.29, 0.717) is 0 Å². The van der Waals surface area contributed by atoms with Crippen LogP contribution in [0.15, 0.2) is 24.3 Å². The molecule has 3 rings (SSSR count). The number of benzene rings is 1. The quantitative estimate of drug-likeness (QED) is 0.804. The highest BCUT2D eigenvalue weighted by Gasteiger charge is 2.34. The topological polar surface area (TPSA) is 29.3 Å². The number of hydrogen-bond donors (Lipinski definition) is 1. The summed E-state index contributed by atoms with van der Waals surface area (Å²) < 4.78 is 0. The number of nitrogens with two attached hydrogens (primary N) is 1. The van der Waals surface area contributed by atoms with Gasteiger partial charge in [0.25, 0.3) is 0 Å². The Morgan fingerprint density at radius 1 is 0.824 bits per heavy atom. The molecule has 92 valence electrons. The molecule has 0 aromatic heterocycles. The molecule has 1 aromatic carbocycles. The van der Waals surface area contributed by atoms with E-state index in [1.807, 2.05) is 12.1 Å². The first-order valence-corrected chi connectivity index (χ1v) is 6.98. The van der Waals surface area contributed by atoms with Crippen LogP contribution in [0.2, 0.25) is 0 Å². The maximum atomic E-state index is 5.78. The zero-order chi connectivity index (χ0) is 11.7. The highest BCUT2D eigenvalue weighted by atomic mass is 15.2.